The highest BCUT2D eigenvalue weighted by atomic mass is 32.2. The van der Waals surface area contributed by atoms with Crippen LogP contribution in [-0.2, 0) is 29.0 Å². The maximum Gasteiger partial charge on any atom is 0.416 e. The SMILES string of the molecule is O=S(=O)(NCC#CCOc1cccc(C(F)(F)F)c1)c1ccc2c(c1)CCCC2. The molecular formula is C21H20F3NO3S. The fourth-order valence-corrected chi connectivity index (χ4v) is 4.06. The van der Waals surface area contributed by atoms with E-state index in [1.807, 2.05) is 6.07 Å². The van der Waals surface area contributed by atoms with Crippen molar-refractivity contribution in [2.24, 2.45) is 0 Å². The highest BCUT2D eigenvalue weighted by Crippen LogP contribution is 2.31. The molecule has 154 valence electrons. The first-order valence-corrected chi connectivity index (χ1v) is 10.6. The van der Waals surface area contributed by atoms with Crippen LogP contribution in [0.1, 0.15) is 29.5 Å². The second kappa shape index (κ2) is 8.89. The third kappa shape index (κ3) is 5.75. The van der Waals surface area contributed by atoms with Crippen LogP contribution in [0.25, 0.3) is 0 Å². The van der Waals surface area contributed by atoms with Crippen LogP contribution in [0.2, 0.25) is 0 Å². The maximum absolute atomic E-state index is 12.7. The lowest BCUT2D eigenvalue weighted by molar-refractivity contribution is -0.137. The summed E-state index contributed by atoms with van der Waals surface area (Å²) in [5.74, 6) is 5.23. The number of nitrogens with one attached hydrogen (secondary N) is 1. The lowest BCUT2D eigenvalue weighted by Crippen LogP contribution is -2.24. The van der Waals surface area contributed by atoms with Crippen molar-refractivity contribution in [1.29, 1.82) is 0 Å². The van der Waals surface area contributed by atoms with E-state index in [1.165, 1.54) is 17.7 Å². The highest BCUT2D eigenvalue weighted by Gasteiger charge is 2.30. The summed E-state index contributed by atoms with van der Waals surface area (Å²) in [6.45, 7) is -0.271. The van der Waals surface area contributed by atoms with Gasteiger partial charge in [-0.15, -0.1) is 0 Å². The minimum atomic E-state index is -4.44. The zero-order chi connectivity index (χ0) is 20.9. The van der Waals surface area contributed by atoms with Gasteiger partial charge in [-0.1, -0.05) is 24.0 Å². The summed E-state index contributed by atoms with van der Waals surface area (Å²) in [6.07, 6.45) is -0.414. The normalized spacial score (nSPS) is 13.9. The van der Waals surface area contributed by atoms with E-state index in [1.54, 1.807) is 12.1 Å². The summed E-state index contributed by atoms with van der Waals surface area (Å²) in [5, 5.41) is 0. The fourth-order valence-electron chi connectivity index (χ4n) is 3.09. The van der Waals surface area contributed by atoms with Gasteiger partial charge in [0.2, 0.25) is 10.0 Å². The van der Waals surface area contributed by atoms with Gasteiger partial charge in [0.15, 0.2) is 0 Å². The third-order valence-electron chi connectivity index (χ3n) is 4.58. The van der Waals surface area contributed by atoms with E-state index in [9.17, 15) is 21.6 Å². The van der Waals surface area contributed by atoms with Gasteiger partial charge in [0, 0.05) is 0 Å². The lowest BCUT2D eigenvalue weighted by atomic mass is 9.92. The Morgan fingerprint density at radius 3 is 2.52 bits per heavy atom. The first kappa shape index (κ1) is 21.2. The Balaban J connectivity index is 1.52. The smallest absolute Gasteiger partial charge is 0.416 e. The third-order valence-corrected chi connectivity index (χ3v) is 5.98. The molecule has 3 rings (SSSR count). The molecule has 4 nitrogen and oxygen atoms in total. The van der Waals surface area contributed by atoms with Crippen molar-refractivity contribution in [1.82, 2.24) is 4.72 Å². The van der Waals surface area contributed by atoms with Crippen LogP contribution in [0.5, 0.6) is 5.75 Å². The van der Waals surface area contributed by atoms with E-state index in [4.69, 9.17) is 4.74 Å². The maximum atomic E-state index is 12.7. The van der Waals surface area contributed by atoms with Crippen LogP contribution in [0, 0.1) is 11.8 Å². The lowest BCUT2D eigenvalue weighted by Gasteiger charge is -2.16. The minimum absolute atomic E-state index is 0.0452. The Labute approximate surface area is 168 Å². The van der Waals surface area contributed by atoms with Gasteiger partial charge in [-0.05, 0) is 67.1 Å². The van der Waals surface area contributed by atoms with E-state index in [-0.39, 0.29) is 23.8 Å². The molecule has 0 fully saturated rings. The number of alkyl halides is 3. The highest BCUT2D eigenvalue weighted by molar-refractivity contribution is 7.89. The predicted octanol–water partition coefficient (Wildman–Crippen LogP) is 3.94. The molecule has 1 N–H and O–H groups in total. The van der Waals surface area contributed by atoms with Gasteiger partial charge in [0.25, 0.3) is 0 Å². The number of aryl methyl sites for hydroxylation is 2. The molecule has 0 aromatic heterocycles. The molecule has 0 spiro atoms. The van der Waals surface area contributed by atoms with Gasteiger partial charge in [0.1, 0.15) is 12.4 Å². The van der Waals surface area contributed by atoms with Gasteiger partial charge in [-0.2, -0.15) is 17.9 Å². The molecule has 1 aliphatic rings. The Kier molecular flexibility index (Phi) is 6.50. The van der Waals surface area contributed by atoms with Gasteiger partial charge in [-0.25, -0.2) is 8.42 Å². The van der Waals surface area contributed by atoms with Crippen molar-refractivity contribution in [3.8, 4) is 17.6 Å². The summed E-state index contributed by atoms with van der Waals surface area (Å²) in [6, 6.07) is 9.65. The number of hydrogen-bond acceptors (Lipinski definition) is 3. The molecule has 0 bridgehead atoms. The Bertz CT molecular complexity index is 1040. The van der Waals surface area contributed by atoms with Crippen molar-refractivity contribution in [2.75, 3.05) is 13.2 Å². The quantitative estimate of drug-likeness (QED) is 0.741. The minimum Gasteiger partial charge on any atom is -0.481 e. The molecule has 0 heterocycles. The summed E-state index contributed by atoms with van der Waals surface area (Å²) >= 11 is 0. The first-order chi connectivity index (χ1) is 13.8. The average molecular weight is 423 g/mol. The van der Waals surface area contributed by atoms with E-state index in [0.717, 1.165) is 43.4 Å². The van der Waals surface area contributed by atoms with E-state index >= 15 is 0 Å². The largest absolute Gasteiger partial charge is 0.481 e. The van der Waals surface area contributed by atoms with Crippen molar-refractivity contribution in [3.05, 3.63) is 59.2 Å². The molecule has 0 aliphatic heterocycles. The van der Waals surface area contributed by atoms with Crippen LogP contribution in [0.15, 0.2) is 47.4 Å². The molecule has 0 radical (unpaired) electrons. The first-order valence-electron chi connectivity index (χ1n) is 9.13. The molecule has 29 heavy (non-hydrogen) atoms. The molecular weight excluding hydrogens is 403 g/mol. The van der Waals surface area contributed by atoms with E-state index in [0.29, 0.717) is 0 Å². The van der Waals surface area contributed by atoms with Gasteiger partial charge >= 0.3 is 6.18 Å². The predicted molar refractivity (Wildman–Crippen MR) is 103 cm³/mol. The van der Waals surface area contributed by atoms with Crippen LogP contribution >= 0.6 is 0 Å². The van der Waals surface area contributed by atoms with Crippen molar-refractivity contribution in [2.45, 2.75) is 36.8 Å². The number of benzene rings is 2. The molecule has 0 saturated heterocycles. The second-order valence-electron chi connectivity index (χ2n) is 6.63. The monoisotopic (exact) mass is 423 g/mol. The van der Waals surface area contributed by atoms with E-state index < -0.39 is 21.8 Å². The topological polar surface area (TPSA) is 55.4 Å². The Hall–Kier alpha value is -2.50. The number of sulfonamides is 1. The van der Waals surface area contributed by atoms with Crippen LogP contribution in [-0.4, -0.2) is 21.6 Å². The number of ether oxygens (including phenoxy) is 1. The number of hydrogen-bond donors (Lipinski definition) is 1. The molecule has 8 heteroatoms. The van der Waals surface area contributed by atoms with E-state index in [2.05, 4.69) is 16.6 Å². The zero-order valence-electron chi connectivity index (χ0n) is 15.6. The summed E-state index contributed by atoms with van der Waals surface area (Å²) in [7, 11) is -3.67. The molecule has 2 aromatic rings. The molecule has 2 aromatic carbocycles. The fraction of sp³-hybridized carbons (Fsp3) is 0.333. The number of halogens is 3. The second-order valence-corrected chi connectivity index (χ2v) is 8.40. The zero-order valence-corrected chi connectivity index (χ0v) is 16.4. The number of fused-ring (bicyclic) bond motifs is 1. The summed E-state index contributed by atoms with van der Waals surface area (Å²) in [4.78, 5) is 0.208. The average Bonchev–Trinajstić information content (AvgIpc) is 2.70. The number of rotatable bonds is 5. The summed E-state index contributed by atoms with van der Waals surface area (Å²) in [5.41, 5.74) is 1.46. The van der Waals surface area contributed by atoms with Gasteiger partial charge < -0.3 is 4.74 Å². The molecule has 0 saturated carbocycles. The van der Waals surface area contributed by atoms with Crippen molar-refractivity contribution in [3.63, 3.8) is 0 Å². The Morgan fingerprint density at radius 2 is 1.76 bits per heavy atom. The Morgan fingerprint density at radius 1 is 1.00 bits per heavy atom. The van der Waals surface area contributed by atoms with Crippen LogP contribution in [0.4, 0.5) is 13.2 Å². The summed E-state index contributed by atoms with van der Waals surface area (Å²) < 4.78 is 70.3. The molecule has 0 atom stereocenters. The molecule has 0 unspecified atom stereocenters. The van der Waals surface area contributed by atoms with Gasteiger partial charge in [-0.3, -0.25) is 0 Å². The van der Waals surface area contributed by atoms with Crippen molar-refractivity contribution < 1.29 is 26.3 Å². The van der Waals surface area contributed by atoms with Crippen LogP contribution in [0.3, 0.4) is 0 Å². The molecule has 1 aliphatic carbocycles. The van der Waals surface area contributed by atoms with Crippen LogP contribution < -0.4 is 9.46 Å². The van der Waals surface area contributed by atoms with Crippen molar-refractivity contribution >= 4 is 10.0 Å². The standard InChI is InChI=1S/C21H20F3NO3S/c22-21(23,24)18-8-5-9-19(15-18)28-13-4-3-12-25-29(26,27)20-11-10-16-6-1-2-7-17(16)14-20/h5,8-11,14-15,25H,1-2,6-7,12-13H2. The van der Waals surface area contributed by atoms with Gasteiger partial charge in [0.05, 0.1) is 17.0 Å². The molecule has 0 amide bonds.